The number of hydrogen-bond donors (Lipinski definition) is 1. The molecule has 1 amide bonds. The lowest BCUT2D eigenvalue weighted by Crippen LogP contribution is -2.14. The zero-order chi connectivity index (χ0) is 7.68. The average molecular weight is 260 g/mol. The minimum absolute atomic E-state index is 0.0170. The smallest absolute Gasteiger partial charge is 0.262 e. The molecule has 0 aromatic heterocycles. The number of amides is 1. The maximum atomic E-state index is 11.1. The van der Waals surface area contributed by atoms with Gasteiger partial charge >= 0.3 is 0 Å². The fraction of sp³-hybridized carbons (Fsp3) is 0. The topological polar surface area (TPSA) is 41.5 Å². The predicted octanol–water partition coefficient (Wildman–Crippen LogP) is 2.13. The van der Waals surface area contributed by atoms with Crippen LogP contribution in [0.3, 0.4) is 0 Å². The van der Waals surface area contributed by atoms with E-state index in [1.807, 2.05) is 18.2 Å². The molecule has 0 saturated heterocycles. The first-order chi connectivity index (χ1) is 5.38. The molecule has 4 heteroatoms. The SMILES string of the molecule is O=C1NI=Nc2ccccc21. The number of nitrogens with one attached hydrogen (secondary N) is 1. The zero-order valence-electron chi connectivity index (χ0n) is 5.54. The Morgan fingerprint density at radius 2 is 2.18 bits per heavy atom. The van der Waals surface area contributed by atoms with Crippen molar-refractivity contribution < 1.29 is 4.79 Å². The minimum atomic E-state index is -0.489. The van der Waals surface area contributed by atoms with Crippen molar-refractivity contribution in [1.82, 2.24) is 3.53 Å². The lowest BCUT2D eigenvalue weighted by atomic mass is 10.2. The Bertz CT molecular complexity index is 335. The lowest BCUT2D eigenvalue weighted by Gasteiger charge is -2.06. The van der Waals surface area contributed by atoms with Crippen LogP contribution >= 0.6 is 21.3 Å². The highest BCUT2D eigenvalue weighted by Gasteiger charge is 2.12. The third kappa shape index (κ3) is 1.18. The maximum absolute atomic E-state index is 11.1. The Morgan fingerprint density at radius 3 is 3.00 bits per heavy atom. The summed E-state index contributed by atoms with van der Waals surface area (Å²) in [5.41, 5.74) is 1.53. The van der Waals surface area contributed by atoms with Gasteiger partial charge in [-0.05, 0) is 12.1 Å². The number of carbonyl (C=O) groups is 1. The molecule has 1 aliphatic heterocycles. The van der Waals surface area contributed by atoms with Crippen LogP contribution in [0.1, 0.15) is 10.4 Å². The Balaban J connectivity index is 2.63. The van der Waals surface area contributed by atoms with Gasteiger partial charge in [-0.25, -0.2) is 3.15 Å². The second kappa shape index (κ2) is 2.69. The first-order valence-electron chi connectivity index (χ1n) is 3.11. The van der Waals surface area contributed by atoms with Crippen molar-refractivity contribution in [3.05, 3.63) is 29.8 Å². The van der Waals surface area contributed by atoms with Crippen molar-refractivity contribution in [2.75, 3.05) is 0 Å². The van der Waals surface area contributed by atoms with Crippen LogP contribution in [0.25, 0.3) is 0 Å². The Kier molecular flexibility index (Phi) is 1.69. The fourth-order valence-corrected chi connectivity index (χ4v) is 2.21. The molecule has 1 aliphatic rings. The van der Waals surface area contributed by atoms with Crippen LogP contribution in [0.4, 0.5) is 5.69 Å². The van der Waals surface area contributed by atoms with Crippen molar-refractivity contribution in [3.63, 3.8) is 0 Å². The van der Waals surface area contributed by atoms with Crippen molar-refractivity contribution in [1.29, 1.82) is 0 Å². The summed E-state index contributed by atoms with van der Waals surface area (Å²) in [5, 5.41) is 0. The molecule has 0 aliphatic carbocycles. The van der Waals surface area contributed by atoms with E-state index >= 15 is 0 Å². The van der Waals surface area contributed by atoms with E-state index in [-0.39, 0.29) is 5.91 Å². The second-order valence-electron chi connectivity index (χ2n) is 2.11. The molecular formula is C7H5IN2O. The molecule has 0 radical (unpaired) electrons. The van der Waals surface area contributed by atoms with Crippen molar-refractivity contribution in [2.24, 2.45) is 3.15 Å². The molecule has 0 fully saturated rings. The molecule has 2 rings (SSSR count). The van der Waals surface area contributed by atoms with Gasteiger partial charge in [0.05, 0.1) is 11.3 Å². The molecule has 11 heavy (non-hydrogen) atoms. The summed E-state index contributed by atoms with van der Waals surface area (Å²) < 4.78 is 6.96. The molecule has 56 valence electrons. The second-order valence-corrected chi connectivity index (χ2v) is 3.61. The van der Waals surface area contributed by atoms with Crippen LogP contribution < -0.4 is 3.53 Å². The molecule has 1 aromatic rings. The van der Waals surface area contributed by atoms with Gasteiger partial charge in [-0.3, -0.25) is 8.32 Å². The van der Waals surface area contributed by atoms with Gasteiger partial charge in [0.2, 0.25) is 0 Å². The highest BCUT2D eigenvalue weighted by Crippen LogP contribution is 2.25. The summed E-state index contributed by atoms with van der Waals surface area (Å²) >= 11 is -0.489. The molecule has 1 N–H and O–H groups in total. The number of hydrogen-bond acceptors (Lipinski definition) is 2. The number of carbonyl (C=O) groups excluding carboxylic acids is 1. The van der Waals surface area contributed by atoms with Gasteiger partial charge in [0.15, 0.2) is 0 Å². The van der Waals surface area contributed by atoms with Gasteiger partial charge in [0.1, 0.15) is 21.3 Å². The third-order valence-electron chi connectivity index (χ3n) is 1.41. The highest BCUT2D eigenvalue weighted by atomic mass is 127. The van der Waals surface area contributed by atoms with E-state index in [1.54, 1.807) is 6.07 Å². The summed E-state index contributed by atoms with van der Waals surface area (Å²) in [6, 6.07) is 7.40. The summed E-state index contributed by atoms with van der Waals surface area (Å²) in [6.45, 7) is 0. The molecule has 3 nitrogen and oxygen atoms in total. The summed E-state index contributed by atoms with van der Waals surface area (Å²) in [7, 11) is 0. The average Bonchev–Trinajstić information content (AvgIpc) is 2.06. The van der Waals surface area contributed by atoms with Crippen LogP contribution in [0.5, 0.6) is 0 Å². The van der Waals surface area contributed by atoms with E-state index < -0.39 is 21.3 Å². The van der Waals surface area contributed by atoms with E-state index in [9.17, 15) is 4.79 Å². The molecular weight excluding hydrogens is 255 g/mol. The van der Waals surface area contributed by atoms with E-state index in [2.05, 4.69) is 6.68 Å². The monoisotopic (exact) mass is 260 g/mol. The molecule has 0 saturated carbocycles. The van der Waals surface area contributed by atoms with E-state index in [0.717, 1.165) is 5.69 Å². The summed E-state index contributed by atoms with van der Waals surface area (Å²) in [5.74, 6) is 0.0170. The van der Waals surface area contributed by atoms with Gasteiger partial charge in [0, 0.05) is 0 Å². The lowest BCUT2D eigenvalue weighted by molar-refractivity contribution is 0.0990. The van der Waals surface area contributed by atoms with Crippen LogP contribution in [-0.2, 0) is 0 Å². The molecule has 0 unspecified atom stereocenters. The quantitative estimate of drug-likeness (QED) is 0.563. The molecule has 0 spiro atoms. The Hall–Kier alpha value is -0.780. The van der Waals surface area contributed by atoms with Crippen LogP contribution in [-0.4, -0.2) is 5.91 Å². The Labute approximate surface area is 74.3 Å². The van der Waals surface area contributed by atoms with Gasteiger partial charge in [0.25, 0.3) is 5.91 Å². The number of nitrogens with zero attached hydrogens (tertiary/aromatic N) is 1. The highest BCUT2D eigenvalue weighted by molar-refractivity contribution is 14.1. The van der Waals surface area contributed by atoms with Crippen molar-refractivity contribution in [3.8, 4) is 0 Å². The maximum Gasteiger partial charge on any atom is 0.262 e. The third-order valence-corrected chi connectivity index (χ3v) is 2.90. The number of halogens is 1. The van der Waals surface area contributed by atoms with Gasteiger partial charge < -0.3 is 0 Å². The van der Waals surface area contributed by atoms with E-state index in [0.29, 0.717) is 5.56 Å². The first-order valence-corrected chi connectivity index (χ1v) is 5.16. The molecule has 0 atom stereocenters. The minimum Gasteiger partial charge on any atom is -0.285 e. The van der Waals surface area contributed by atoms with Crippen molar-refractivity contribution in [2.45, 2.75) is 0 Å². The fourth-order valence-electron chi connectivity index (χ4n) is 0.895. The normalized spacial score (nSPS) is 14.7. The van der Waals surface area contributed by atoms with Crippen LogP contribution in [0, 0.1) is 0 Å². The molecule has 1 heterocycles. The van der Waals surface area contributed by atoms with Crippen LogP contribution in [0.15, 0.2) is 27.4 Å². The number of fused-ring (bicyclic) bond motifs is 1. The van der Waals surface area contributed by atoms with E-state index in [1.165, 1.54) is 0 Å². The largest absolute Gasteiger partial charge is 0.285 e. The summed E-state index contributed by atoms with van der Waals surface area (Å²) in [4.78, 5) is 11.1. The number of benzene rings is 1. The standard InChI is InChI=1S/C7H5IN2O/c11-7-5-3-1-2-4-6(5)9-8-10-7/h1-4H,(H,9,10,11). The van der Waals surface area contributed by atoms with Gasteiger partial charge in [-0.1, -0.05) is 12.1 Å². The zero-order valence-corrected chi connectivity index (χ0v) is 7.70. The molecule has 0 bridgehead atoms. The van der Waals surface area contributed by atoms with Crippen molar-refractivity contribution >= 4 is 32.9 Å². The predicted molar refractivity (Wildman–Crippen MR) is 50.0 cm³/mol. The van der Waals surface area contributed by atoms with Gasteiger partial charge in [-0.2, -0.15) is 0 Å². The van der Waals surface area contributed by atoms with E-state index in [4.69, 9.17) is 0 Å². The van der Waals surface area contributed by atoms with Crippen LogP contribution in [0.2, 0.25) is 0 Å². The van der Waals surface area contributed by atoms with Gasteiger partial charge in [-0.15, -0.1) is 0 Å². The number of rotatable bonds is 0. The first kappa shape index (κ1) is 6.90. The molecule has 1 aromatic carbocycles. The Morgan fingerprint density at radius 1 is 1.36 bits per heavy atom. The summed E-state index contributed by atoms with van der Waals surface area (Å²) in [6.07, 6.45) is 0.